The molecule has 0 unspecified atom stereocenters. The van der Waals surface area contributed by atoms with Crippen LogP contribution in [-0.4, -0.2) is 25.5 Å². The molecule has 88 valence electrons. The van der Waals surface area contributed by atoms with Crippen molar-refractivity contribution in [2.75, 3.05) is 14.2 Å². The van der Waals surface area contributed by atoms with Crippen molar-refractivity contribution in [3.63, 3.8) is 0 Å². The van der Waals surface area contributed by atoms with Gasteiger partial charge in [0.15, 0.2) is 17.3 Å². The van der Waals surface area contributed by atoms with Gasteiger partial charge in [0.1, 0.15) is 0 Å². The van der Waals surface area contributed by atoms with Gasteiger partial charge in [0.25, 0.3) is 0 Å². The fraction of sp³-hybridized carbons (Fsp3) is 0.417. The van der Waals surface area contributed by atoms with Gasteiger partial charge in [0.05, 0.1) is 12.6 Å². The van der Waals surface area contributed by atoms with E-state index in [0.717, 1.165) is 0 Å². The minimum atomic E-state index is -0.707. The number of rotatable bonds is 4. The fourth-order valence-corrected chi connectivity index (χ4v) is 1.28. The molecule has 0 saturated carbocycles. The van der Waals surface area contributed by atoms with Crippen molar-refractivity contribution in [2.24, 2.45) is 0 Å². The zero-order valence-corrected chi connectivity index (χ0v) is 9.93. The van der Waals surface area contributed by atoms with Crippen LogP contribution in [0.1, 0.15) is 24.2 Å². The number of hydrogen-bond donors (Lipinski definition) is 1. The van der Waals surface area contributed by atoms with Crippen molar-refractivity contribution in [1.29, 1.82) is 0 Å². The minimum Gasteiger partial charge on any atom is -0.494 e. The van der Waals surface area contributed by atoms with Crippen molar-refractivity contribution >= 4 is 5.78 Å². The summed E-state index contributed by atoms with van der Waals surface area (Å²) < 4.78 is 18.2. The Morgan fingerprint density at radius 1 is 1.44 bits per heavy atom. The van der Waals surface area contributed by atoms with Crippen LogP contribution in [0.15, 0.2) is 18.2 Å². The van der Waals surface area contributed by atoms with Crippen LogP contribution in [0.3, 0.4) is 0 Å². The highest BCUT2D eigenvalue weighted by molar-refractivity contribution is 6.02. The van der Waals surface area contributed by atoms with Crippen LogP contribution in [0.25, 0.3) is 0 Å². The van der Waals surface area contributed by atoms with E-state index in [1.165, 1.54) is 19.2 Å². The second-order valence-corrected chi connectivity index (χ2v) is 4.05. The Morgan fingerprint density at radius 2 is 2.06 bits per heavy atom. The smallest absolute Gasteiger partial charge is 0.182 e. The first kappa shape index (κ1) is 12.6. The van der Waals surface area contributed by atoms with Gasteiger partial charge >= 0.3 is 0 Å². The van der Waals surface area contributed by atoms with Gasteiger partial charge < -0.3 is 10.1 Å². The monoisotopic (exact) mass is 225 g/mol. The third-order valence-electron chi connectivity index (χ3n) is 2.61. The Balaban J connectivity index is 3.07. The summed E-state index contributed by atoms with van der Waals surface area (Å²) in [4.78, 5) is 12.0. The second-order valence-electron chi connectivity index (χ2n) is 4.05. The number of benzene rings is 1. The number of Topliss-reactive ketones (excluding diaryl/α,β-unsaturated/α-hetero) is 1. The highest BCUT2D eigenvalue weighted by Gasteiger charge is 2.26. The lowest BCUT2D eigenvalue weighted by molar-refractivity contribution is 0.0889. The second kappa shape index (κ2) is 4.61. The molecule has 0 fully saturated rings. The van der Waals surface area contributed by atoms with Crippen molar-refractivity contribution in [1.82, 2.24) is 5.32 Å². The minimum absolute atomic E-state index is 0.138. The molecule has 0 aliphatic carbocycles. The van der Waals surface area contributed by atoms with E-state index in [1.54, 1.807) is 27.0 Å². The predicted molar refractivity (Wildman–Crippen MR) is 60.4 cm³/mol. The van der Waals surface area contributed by atoms with E-state index >= 15 is 0 Å². The maximum Gasteiger partial charge on any atom is 0.182 e. The summed E-state index contributed by atoms with van der Waals surface area (Å²) >= 11 is 0. The van der Waals surface area contributed by atoms with Gasteiger partial charge in [-0.2, -0.15) is 0 Å². The zero-order chi connectivity index (χ0) is 12.3. The maximum absolute atomic E-state index is 13.4. The summed E-state index contributed by atoms with van der Waals surface area (Å²) in [6.07, 6.45) is 0. The van der Waals surface area contributed by atoms with E-state index in [1.807, 2.05) is 0 Å². The number of hydrogen-bond acceptors (Lipinski definition) is 3. The molecule has 0 amide bonds. The van der Waals surface area contributed by atoms with Gasteiger partial charge in [-0.3, -0.25) is 4.79 Å². The molecule has 0 saturated heterocycles. The van der Waals surface area contributed by atoms with E-state index < -0.39 is 11.4 Å². The Morgan fingerprint density at radius 3 is 2.50 bits per heavy atom. The number of nitrogens with one attached hydrogen (secondary N) is 1. The number of ketones is 1. The first-order chi connectivity index (χ1) is 7.42. The molecule has 1 rings (SSSR count). The molecule has 4 heteroatoms. The maximum atomic E-state index is 13.4. The quantitative estimate of drug-likeness (QED) is 0.797. The van der Waals surface area contributed by atoms with Crippen LogP contribution >= 0.6 is 0 Å². The van der Waals surface area contributed by atoms with E-state index in [0.29, 0.717) is 5.56 Å². The van der Waals surface area contributed by atoms with Gasteiger partial charge in [-0.05, 0) is 39.1 Å². The van der Waals surface area contributed by atoms with Gasteiger partial charge in [0.2, 0.25) is 0 Å². The molecule has 16 heavy (non-hydrogen) atoms. The summed E-state index contributed by atoms with van der Waals surface area (Å²) in [5.41, 5.74) is -0.376. The van der Waals surface area contributed by atoms with Crippen molar-refractivity contribution < 1.29 is 13.9 Å². The van der Waals surface area contributed by atoms with Gasteiger partial charge in [-0.15, -0.1) is 0 Å². The third kappa shape index (κ3) is 2.39. The summed E-state index contributed by atoms with van der Waals surface area (Å²) in [6.45, 7) is 3.49. The average Bonchev–Trinajstić information content (AvgIpc) is 2.27. The fourth-order valence-electron chi connectivity index (χ4n) is 1.28. The summed E-state index contributed by atoms with van der Waals surface area (Å²) in [7, 11) is 3.08. The van der Waals surface area contributed by atoms with Crippen molar-refractivity contribution in [2.45, 2.75) is 19.4 Å². The van der Waals surface area contributed by atoms with E-state index in [-0.39, 0.29) is 11.5 Å². The Kier molecular flexibility index (Phi) is 3.65. The molecule has 0 radical (unpaired) electrons. The lowest BCUT2D eigenvalue weighted by Gasteiger charge is -2.22. The van der Waals surface area contributed by atoms with Crippen LogP contribution in [0.2, 0.25) is 0 Å². The zero-order valence-electron chi connectivity index (χ0n) is 9.93. The van der Waals surface area contributed by atoms with E-state index in [2.05, 4.69) is 5.32 Å². The predicted octanol–water partition coefficient (Wildman–Crippen LogP) is 2.01. The SMILES string of the molecule is CNC(C)(C)C(=O)c1ccc(OC)c(F)c1. The number of likely N-dealkylation sites (N-methyl/N-ethyl adjacent to an activating group) is 1. The molecule has 3 nitrogen and oxygen atoms in total. The molecule has 0 aromatic heterocycles. The molecule has 0 heterocycles. The molecule has 0 atom stereocenters. The van der Waals surface area contributed by atoms with Crippen molar-refractivity contribution in [3.8, 4) is 5.75 Å². The molecule has 1 N–H and O–H groups in total. The normalized spacial score (nSPS) is 11.3. The lowest BCUT2D eigenvalue weighted by Crippen LogP contribution is -2.44. The number of methoxy groups -OCH3 is 1. The number of ether oxygens (including phenoxy) is 1. The Bertz CT molecular complexity index is 402. The van der Waals surface area contributed by atoms with Crippen LogP contribution in [0.5, 0.6) is 5.75 Å². The first-order valence-electron chi connectivity index (χ1n) is 4.99. The van der Waals surface area contributed by atoms with Crippen LogP contribution in [0.4, 0.5) is 4.39 Å². The van der Waals surface area contributed by atoms with Crippen LogP contribution in [-0.2, 0) is 0 Å². The van der Waals surface area contributed by atoms with Gasteiger partial charge in [-0.25, -0.2) is 4.39 Å². The Hall–Kier alpha value is -1.42. The van der Waals surface area contributed by atoms with Crippen LogP contribution in [0, 0.1) is 5.82 Å². The molecular formula is C12H16FNO2. The van der Waals surface area contributed by atoms with E-state index in [9.17, 15) is 9.18 Å². The Labute approximate surface area is 94.6 Å². The highest BCUT2D eigenvalue weighted by Crippen LogP contribution is 2.20. The van der Waals surface area contributed by atoms with Crippen LogP contribution < -0.4 is 10.1 Å². The first-order valence-corrected chi connectivity index (χ1v) is 4.99. The molecule has 0 aliphatic rings. The number of carbonyl (C=O) groups excluding carboxylic acids is 1. The van der Waals surface area contributed by atoms with E-state index in [4.69, 9.17) is 4.74 Å². The molecule has 0 spiro atoms. The summed E-state index contributed by atoms with van der Waals surface area (Å²) in [6, 6.07) is 4.21. The summed E-state index contributed by atoms with van der Waals surface area (Å²) in [5.74, 6) is -0.546. The third-order valence-corrected chi connectivity index (χ3v) is 2.61. The molecule has 1 aromatic rings. The average molecular weight is 225 g/mol. The number of halogens is 1. The molecular weight excluding hydrogens is 209 g/mol. The summed E-state index contributed by atoms with van der Waals surface area (Å²) in [5, 5.41) is 2.88. The largest absolute Gasteiger partial charge is 0.494 e. The standard InChI is InChI=1S/C12H16FNO2/c1-12(2,14-3)11(15)8-5-6-10(16-4)9(13)7-8/h5-7,14H,1-4H3. The number of carbonyl (C=O) groups is 1. The topological polar surface area (TPSA) is 38.3 Å². The van der Waals surface area contributed by atoms with Crippen molar-refractivity contribution in [3.05, 3.63) is 29.6 Å². The highest BCUT2D eigenvalue weighted by atomic mass is 19.1. The molecule has 0 bridgehead atoms. The van der Waals surface area contributed by atoms with Gasteiger partial charge in [0, 0.05) is 5.56 Å². The molecule has 1 aromatic carbocycles. The lowest BCUT2D eigenvalue weighted by atomic mass is 9.93. The molecule has 0 aliphatic heterocycles. The van der Waals surface area contributed by atoms with Gasteiger partial charge in [-0.1, -0.05) is 0 Å².